The summed E-state index contributed by atoms with van der Waals surface area (Å²) in [5, 5.41) is 14.0. The van der Waals surface area contributed by atoms with Gasteiger partial charge in [0.05, 0.1) is 6.42 Å². The fourth-order valence-corrected chi connectivity index (χ4v) is 2.12. The number of nitrogens with two attached hydrogens (primary N) is 1. The average Bonchev–Trinajstić information content (AvgIpc) is 3.21. The Bertz CT molecular complexity index is 552. The minimum absolute atomic E-state index is 0.0717. The third kappa shape index (κ3) is 4.48. The van der Waals surface area contributed by atoms with Gasteiger partial charge in [0.1, 0.15) is 0 Å². The first-order valence-corrected chi connectivity index (χ1v) is 6.65. The third-order valence-electron chi connectivity index (χ3n) is 3.32. The number of hydrogen-bond donors (Lipinski definition) is 4. The third-order valence-corrected chi connectivity index (χ3v) is 3.32. The van der Waals surface area contributed by atoms with Gasteiger partial charge in [-0.1, -0.05) is 0 Å². The van der Waals surface area contributed by atoms with E-state index < -0.39 is 12.0 Å². The molecule has 112 valence electrons. The smallest absolute Gasteiger partial charge is 0.316 e. The van der Waals surface area contributed by atoms with Crippen LogP contribution in [-0.4, -0.2) is 29.1 Å². The first-order chi connectivity index (χ1) is 9.95. The summed E-state index contributed by atoms with van der Waals surface area (Å²) >= 11 is 0. The molecule has 21 heavy (non-hydrogen) atoms. The number of nitrogens with one attached hydrogen (secondary N) is 2. The average molecular weight is 291 g/mol. The van der Waals surface area contributed by atoms with Crippen LogP contribution in [0.1, 0.15) is 29.6 Å². The quantitative estimate of drug-likeness (QED) is 0.628. The largest absolute Gasteiger partial charge is 0.481 e. The number of primary amides is 1. The first kappa shape index (κ1) is 14.8. The van der Waals surface area contributed by atoms with Crippen molar-refractivity contribution in [2.45, 2.75) is 25.3 Å². The molecule has 1 aliphatic carbocycles. The molecule has 0 heterocycles. The highest BCUT2D eigenvalue weighted by Crippen LogP contribution is 2.34. The number of anilines is 1. The highest BCUT2D eigenvalue weighted by atomic mass is 16.4. The van der Waals surface area contributed by atoms with Gasteiger partial charge in [-0.3, -0.25) is 9.59 Å². The van der Waals surface area contributed by atoms with Gasteiger partial charge in [0.15, 0.2) is 0 Å². The van der Waals surface area contributed by atoms with Gasteiger partial charge < -0.3 is 21.5 Å². The predicted molar refractivity (Wildman–Crippen MR) is 75.9 cm³/mol. The Hall–Kier alpha value is -2.57. The fourth-order valence-electron chi connectivity index (χ4n) is 2.12. The molecule has 1 fully saturated rings. The highest BCUT2D eigenvalue weighted by molar-refractivity contribution is 5.95. The molecule has 7 heteroatoms. The van der Waals surface area contributed by atoms with Crippen molar-refractivity contribution >= 4 is 23.6 Å². The lowest BCUT2D eigenvalue weighted by atomic mass is 10.1. The molecule has 0 radical (unpaired) electrons. The van der Waals surface area contributed by atoms with Gasteiger partial charge >= 0.3 is 12.0 Å². The van der Waals surface area contributed by atoms with E-state index in [9.17, 15) is 14.4 Å². The zero-order valence-corrected chi connectivity index (χ0v) is 11.3. The molecule has 2 rings (SSSR count). The molecule has 3 amide bonds. The van der Waals surface area contributed by atoms with E-state index in [4.69, 9.17) is 10.8 Å². The Morgan fingerprint density at radius 1 is 1.24 bits per heavy atom. The van der Waals surface area contributed by atoms with Crippen LogP contribution in [0.3, 0.4) is 0 Å². The first-order valence-electron chi connectivity index (χ1n) is 6.65. The van der Waals surface area contributed by atoms with Crippen molar-refractivity contribution in [1.29, 1.82) is 0 Å². The van der Waals surface area contributed by atoms with E-state index in [1.807, 2.05) is 0 Å². The predicted octanol–water partition coefficient (Wildman–Crippen LogP) is 1.16. The summed E-state index contributed by atoms with van der Waals surface area (Å²) in [6.07, 6.45) is 1.82. The molecular weight excluding hydrogens is 274 g/mol. The standard InChI is InChI=1S/C14H17N3O4/c15-14(21)16-10-5-3-9(4-6-10)13(20)17-11(7-12(18)19)8-1-2-8/h3-6,8,11H,1-2,7H2,(H,17,20)(H,18,19)(H3,15,16,21). The zero-order chi connectivity index (χ0) is 15.4. The van der Waals surface area contributed by atoms with Crippen LogP contribution in [-0.2, 0) is 4.79 Å². The molecule has 7 nitrogen and oxygen atoms in total. The van der Waals surface area contributed by atoms with E-state index in [0.29, 0.717) is 11.3 Å². The molecule has 1 aromatic carbocycles. The lowest BCUT2D eigenvalue weighted by Crippen LogP contribution is -2.38. The second-order valence-corrected chi connectivity index (χ2v) is 5.08. The molecule has 0 spiro atoms. The number of carbonyl (C=O) groups excluding carboxylic acids is 2. The number of aliphatic carboxylic acids is 1. The molecule has 1 atom stereocenters. The van der Waals surface area contributed by atoms with Crippen molar-refractivity contribution in [2.75, 3.05) is 5.32 Å². The summed E-state index contributed by atoms with van der Waals surface area (Å²) in [4.78, 5) is 33.6. The van der Waals surface area contributed by atoms with Crippen LogP contribution in [0, 0.1) is 5.92 Å². The van der Waals surface area contributed by atoms with E-state index in [1.165, 1.54) is 0 Å². The van der Waals surface area contributed by atoms with Crippen molar-refractivity contribution in [3.63, 3.8) is 0 Å². The molecule has 1 unspecified atom stereocenters. The maximum atomic E-state index is 12.1. The van der Waals surface area contributed by atoms with Crippen molar-refractivity contribution in [1.82, 2.24) is 5.32 Å². The Balaban J connectivity index is 1.98. The number of benzene rings is 1. The highest BCUT2D eigenvalue weighted by Gasteiger charge is 2.33. The van der Waals surface area contributed by atoms with Gasteiger partial charge in [-0.2, -0.15) is 0 Å². The number of carboxylic acid groups (broad SMARTS) is 1. The minimum Gasteiger partial charge on any atom is -0.481 e. The van der Waals surface area contributed by atoms with Gasteiger partial charge in [0, 0.05) is 17.3 Å². The molecule has 0 aromatic heterocycles. The summed E-state index contributed by atoms with van der Waals surface area (Å²) in [7, 11) is 0. The van der Waals surface area contributed by atoms with Gasteiger partial charge in [0.25, 0.3) is 5.91 Å². The molecule has 0 bridgehead atoms. The zero-order valence-electron chi connectivity index (χ0n) is 11.3. The van der Waals surface area contributed by atoms with Gasteiger partial charge in [-0.25, -0.2) is 4.79 Å². The Morgan fingerprint density at radius 3 is 2.33 bits per heavy atom. The van der Waals surface area contributed by atoms with Crippen LogP contribution in [0.5, 0.6) is 0 Å². The van der Waals surface area contributed by atoms with Crippen molar-refractivity contribution in [2.24, 2.45) is 11.7 Å². The van der Waals surface area contributed by atoms with Gasteiger partial charge in [-0.15, -0.1) is 0 Å². The molecule has 0 aliphatic heterocycles. The summed E-state index contributed by atoms with van der Waals surface area (Å²) in [6.45, 7) is 0. The van der Waals surface area contributed by atoms with Crippen LogP contribution >= 0.6 is 0 Å². The Labute approximate surface area is 121 Å². The second-order valence-electron chi connectivity index (χ2n) is 5.08. The van der Waals surface area contributed by atoms with Crippen molar-refractivity contribution in [3.05, 3.63) is 29.8 Å². The van der Waals surface area contributed by atoms with Crippen LogP contribution in [0.4, 0.5) is 10.5 Å². The Kier molecular flexibility index (Phi) is 4.42. The summed E-state index contributed by atoms with van der Waals surface area (Å²) in [5.74, 6) is -0.993. The summed E-state index contributed by atoms with van der Waals surface area (Å²) in [5.41, 5.74) is 5.88. The Morgan fingerprint density at radius 2 is 1.86 bits per heavy atom. The van der Waals surface area contributed by atoms with Crippen molar-refractivity contribution < 1.29 is 19.5 Å². The van der Waals surface area contributed by atoms with Crippen LogP contribution in [0.2, 0.25) is 0 Å². The number of urea groups is 1. The number of amides is 3. The molecule has 1 aromatic rings. The van der Waals surface area contributed by atoms with Crippen LogP contribution in [0.25, 0.3) is 0 Å². The number of rotatable bonds is 6. The molecule has 5 N–H and O–H groups in total. The number of carbonyl (C=O) groups is 3. The van der Waals surface area contributed by atoms with Crippen LogP contribution in [0.15, 0.2) is 24.3 Å². The normalized spacial score (nSPS) is 15.0. The maximum absolute atomic E-state index is 12.1. The van der Waals surface area contributed by atoms with Crippen LogP contribution < -0.4 is 16.4 Å². The summed E-state index contributed by atoms with van der Waals surface area (Å²) < 4.78 is 0. The molecular formula is C14H17N3O4. The molecule has 0 saturated heterocycles. The van der Waals surface area contributed by atoms with E-state index in [0.717, 1.165) is 12.8 Å². The van der Waals surface area contributed by atoms with E-state index in [2.05, 4.69) is 10.6 Å². The number of hydrogen-bond acceptors (Lipinski definition) is 3. The topological polar surface area (TPSA) is 122 Å². The van der Waals surface area contributed by atoms with E-state index in [-0.39, 0.29) is 24.3 Å². The minimum atomic E-state index is -0.923. The van der Waals surface area contributed by atoms with E-state index in [1.54, 1.807) is 24.3 Å². The summed E-state index contributed by atoms with van der Waals surface area (Å²) in [6, 6.07) is 5.20. The monoisotopic (exact) mass is 291 g/mol. The van der Waals surface area contributed by atoms with Gasteiger partial charge in [0.2, 0.25) is 0 Å². The number of carboxylic acids is 1. The fraction of sp³-hybridized carbons (Fsp3) is 0.357. The lowest BCUT2D eigenvalue weighted by molar-refractivity contribution is -0.137. The second kappa shape index (κ2) is 6.25. The maximum Gasteiger partial charge on any atom is 0.316 e. The molecule has 1 saturated carbocycles. The SMILES string of the molecule is NC(=O)Nc1ccc(C(=O)NC(CC(=O)O)C2CC2)cc1. The lowest BCUT2D eigenvalue weighted by Gasteiger charge is -2.16. The van der Waals surface area contributed by atoms with E-state index >= 15 is 0 Å². The van der Waals surface area contributed by atoms with Crippen molar-refractivity contribution in [3.8, 4) is 0 Å². The molecule has 1 aliphatic rings. The van der Waals surface area contributed by atoms with Gasteiger partial charge in [-0.05, 0) is 43.0 Å².